The Morgan fingerprint density at radius 1 is 1.78 bits per heavy atom. The maximum atomic E-state index is 5.55. The molecule has 0 atom stereocenters. The summed E-state index contributed by atoms with van der Waals surface area (Å²) in [5.41, 5.74) is 0. The van der Waals surface area contributed by atoms with E-state index in [0.717, 1.165) is 6.42 Å². The molecule has 0 aliphatic carbocycles. The Hall–Kier alpha value is -0.560. The standard InChI is InChI=1S/C7H10ClN/c1-3-5-7(8)9-6-4-2/h3,5-6H,1,4H2,2H3/b7-5-,9-6+. The molecule has 0 saturated carbocycles. The minimum atomic E-state index is 0.479. The van der Waals surface area contributed by atoms with Crippen LogP contribution in [0, 0.1) is 0 Å². The molecule has 0 aromatic heterocycles. The van der Waals surface area contributed by atoms with E-state index in [0.29, 0.717) is 5.16 Å². The Labute approximate surface area is 60.7 Å². The zero-order valence-electron chi connectivity index (χ0n) is 5.47. The molecule has 0 aromatic rings. The summed E-state index contributed by atoms with van der Waals surface area (Å²) in [5.74, 6) is 0. The van der Waals surface area contributed by atoms with Crippen LogP contribution in [0.15, 0.2) is 28.9 Å². The predicted molar refractivity (Wildman–Crippen MR) is 42.9 cm³/mol. The van der Waals surface area contributed by atoms with Gasteiger partial charge in [-0.1, -0.05) is 31.2 Å². The van der Waals surface area contributed by atoms with E-state index in [1.54, 1.807) is 18.4 Å². The molecule has 0 spiro atoms. The third-order valence-electron chi connectivity index (χ3n) is 0.653. The first-order valence-electron chi connectivity index (χ1n) is 2.82. The van der Waals surface area contributed by atoms with E-state index < -0.39 is 0 Å². The SMILES string of the molecule is C=C/C=C(Cl)\N=C\CC. The van der Waals surface area contributed by atoms with E-state index in [1.807, 2.05) is 6.92 Å². The summed E-state index contributed by atoms with van der Waals surface area (Å²) in [5, 5.41) is 0.479. The Kier molecular flexibility index (Phi) is 5.23. The first-order chi connectivity index (χ1) is 4.31. The fourth-order valence-electron chi connectivity index (χ4n) is 0.319. The number of allylic oxidation sites excluding steroid dienone is 2. The quantitative estimate of drug-likeness (QED) is 0.327. The van der Waals surface area contributed by atoms with Crippen LogP contribution < -0.4 is 0 Å². The molecule has 0 heterocycles. The molecule has 0 N–H and O–H groups in total. The summed E-state index contributed by atoms with van der Waals surface area (Å²) >= 11 is 5.55. The van der Waals surface area contributed by atoms with E-state index in [4.69, 9.17) is 11.6 Å². The van der Waals surface area contributed by atoms with E-state index in [1.165, 1.54) is 0 Å². The highest BCUT2D eigenvalue weighted by Gasteiger charge is 1.78. The lowest BCUT2D eigenvalue weighted by Gasteiger charge is -1.82. The van der Waals surface area contributed by atoms with Gasteiger partial charge in [0.05, 0.1) is 0 Å². The summed E-state index contributed by atoms with van der Waals surface area (Å²) < 4.78 is 0. The Morgan fingerprint density at radius 2 is 2.44 bits per heavy atom. The fourth-order valence-corrected chi connectivity index (χ4v) is 0.477. The number of rotatable bonds is 3. The molecule has 50 valence electrons. The van der Waals surface area contributed by atoms with Crippen LogP contribution in [0.4, 0.5) is 0 Å². The van der Waals surface area contributed by atoms with Crippen molar-refractivity contribution in [3.8, 4) is 0 Å². The lowest BCUT2D eigenvalue weighted by atomic mass is 10.5. The topological polar surface area (TPSA) is 12.4 Å². The van der Waals surface area contributed by atoms with E-state index in [9.17, 15) is 0 Å². The van der Waals surface area contributed by atoms with Crippen LogP contribution in [0.3, 0.4) is 0 Å². The van der Waals surface area contributed by atoms with Crippen molar-refractivity contribution in [3.05, 3.63) is 23.9 Å². The minimum absolute atomic E-state index is 0.479. The molecule has 0 aromatic carbocycles. The first-order valence-corrected chi connectivity index (χ1v) is 3.19. The van der Waals surface area contributed by atoms with Crippen LogP contribution in [0.1, 0.15) is 13.3 Å². The number of nitrogens with zero attached hydrogens (tertiary/aromatic N) is 1. The lowest BCUT2D eigenvalue weighted by molar-refractivity contribution is 1.31. The molecule has 0 fully saturated rings. The van der Waals surface area contributed by atoms with E-state index in [2.05, 4.69) is 11.6 Å². The van der Waals surface area contributed by atoms with Crippen LogP contribution in [0.5, 0.6) is 0 Å². The summed E-state index contributed by atoms with van der Waals surface area (Å²) in [6.45, 7) is 5.48. The summed E-state index contributed by atoms with van der Waals surface area (Å²) in [4.78, 5) is 3.86. The maximum absolute atomic E-state index is 5.55. The van der Waals surface area contributed by atoms with Crippen LogP contribution in [-0.2, 0) is 0 Å². The zero-order chi connectivity index (χ0) is 7.11. The predicted octanol–water partition coefficient (Wildman–Crippen LogP) is 2.73. The first kappa shape index (κ1) is 8.44. The second-order valence-electron chi connectivity index (χ2n) is 1.45. The Balaban J connectivity index is 3.74. The molecule has 0 aliphatic rings. The maximum Gasteiger partial charge on any atom is 0.128 e. The van der Waals surface area contributed by atoms with E-state index >= 15 is 0 Å². The monoisotopic (exact) mass is 143 g/mol. The highest BCUT2D eigenvalue weighted by atomic mass is 35.5. The number of hydrogen-bond acceptors (Lipinski definition) is 1. The molecule has 0 bridgehead atoms. The number of aliphatic imine (C=N–C) groups is 1. The summed E-state index contributed by atoms with van der Waals surface area (Å²) in [7, 11) is 0. The lowest BCUT2D eigenvalue weighted by Crippen LogP contribution is -1.67. The number of halogens is 1. The molecule has 0 aliphatic heterocycles. The highest BCUT2D eigenvalue weighted by molar-refractivity contribution is 6.29. The minimum Gasteiger partial charge on any atom is -0.249 e. The zero-order valence-corrected chi connectivity index (χ0v) is 6.23. The van der Waals surface area contributed by atoms with Gasteiger partial charge in [0.15, 0.2) is 0 Å². The molecule has 1 nitrogen and oxygen atoms in total. The van der Waals surface area contributed by atoms with Gasteiger partial charge >= 0.3 is 0 Å². The third kappa shape index (κ3) is 5.31. The van der Waals surface area contributed by atoms with Gasteiger partial charge in [0.2, 0.25) is 0 Å². The van der Waals surface area contributed by atoms with Gasteiger partial charge in [0.25, 0.3) is 0 Å². The van der Waals surface area contributed by atoms with Gasteiger partial charge in [0.1, 0.15) is 5.16 Å². The van der Waals surface area contributed by atoms with Crippen molar-refractivity contribution in [3.63, 3.8) is 0 Å². The average molecular weight is 144 g/mol. The molecular weight excluding hydrogens is 134 g/mol. The van der Waals surface area contributed by atoms with Gasteiger partial charge in [-0.15, -0.1) is 0 Å². The molecule has 0 unspecified atom stereocenters. The third-order valence-corrected chi connectivity index (χ3v) is 0.876. The normalized spacial score (nSPS) is 12.4. The van der Waals surface area contributed by atoms with Crippen molar-refractivity contribution < 1.29 is 0 Å². The molecule has 0 radical (unpaired) electrons. The van der Waals surface area contributed by atoms with Crippen molar-refractivity contribution in [2.45, 2.75) is 13.3 Å². The second-order valence-corrected chi connectivity index (χ2v) is 1.83. The number of hydrogen-bond donors (Lipinski definition) is 0. The van der Waals surface area contributed by atoms with Gasteiger partial charge < -0.3 is 0 Å². The fraction of sp³-hybridized carbons (Fsp3) is 0.286. The van der Waals surface area contributed by atoms with Crippen molar-refractivity contribution >= 4 is 17.8 Å². The largest absolute Gasteiger partial charge is 0.249 e. The summed E-state index contributed by atoms with van der Waals surface area (Å²) in [6, 6.07) is 0. The van der Waals surface area contributed by atoms with Gasteiger partial charge in [-0.2, -0.15) is 0 Å². The van der Waals surface area contributed by atoms with Crippen molar-refractivity contribution in [1.82, 2.24) is 0 Å². The van der Waals surface area contributed by atoms with E-state index in [-0.39, 0.29) is 0 Å². The molecule has 0 saturated heterocycles. The van der Waals surface area contributed by atoms with Crippen LogP contribution in [0.25, 0.3) is 0 Å². The van der Waals surface area contributed by atoms with Gasteiger partial charge in [0, 0.05) is 6.21 Å². The molecule has 0 rings (SSSR count). The van der Waals surface area contributed by atoms with Crippen LogP contribution in [-0.4, -0.2) is 6.21 Å². The van der Waals surface area contributed by atoms with Gasteiger partial charge in [-0.05, 0) is 12.5 Å². The highest BCUT2D eigenvalue weighted by Crippen LogP contribution is 2.01. The molecule has 0 amide bonds. The van der Waals surface area contributed by atoms with Crippen molar-refractivity contribution in [2.75, 3.05) is 0 Å². The van der Waals surface area contributed by atoms with Crippen LogP contribution in [0.2, 0.25) is 0 Å². The van der Waals surface area contributed by atoms with Crippen molar-refractivity contribution in [2.24, 2.45) is 4.99 Å². The average Bonchev–Trinajstić information content (AvgIpc) is 1.85. The molecule has 9 heavy (non-hydrogen) atoms. The van der Waals surface area contributed by atoms with Crippen molar-refractivity contribution in [1.29, 1.82) is 0 Å². The molecular formula is C7H10ClN. The second kappa shape index (κ2) is 5.57. The van der Waals surface area contributed by atoms with Crippen LogP contribution >= 0.6 is 11.6 Å². The summed E-state index contributed by atoms with van der Waals surface area (Å²) in [6.07, 6.45) is 5.91. The smallest absolute Gasteiger partial charge is 0.128 e. The molecule has 2 heteroatoms. The Morgan fingerprint density at radius 3 is 2.89 bits per heavy atom. The van der Waals surface area contributed by atoms with Gasteiger partial charge in [-0.3, -0.25) is 0 Å². The van der Waals surface area contributed by atoms with Gasteiger partial charge in [-0.25, -0.2) is 4.99 Å². The Bertz CT molecular complexity index is 136.